The number of fused-ring (bicyclic) bond motifs is 1. The number of carboxylic acid groups (broad SMARTS) is 1. The van der Waals surface area contributed by atoms with Crippen LogP contribution in [-0.4, -0.2) is 26.6 Å². The summed E-state index contributed by atoms with van der Waals surface area (Å²) in [4.78, 5) is 15.2. The number of hydrogen-bond acceptors (Lipinski definition) is 3. The van der Waals surface area contributed by atoms with Crippen LogP contribution in [0.4, 0.5) is 8.78 Å². The number of alkyl halides is 1. The first-order valence-corrected chi connectivity index (χ1v) is 5.46. The fourth-order valence-electron chi connectivity index (χ4n) is 2.10. The van der Waals surface area contributed by atoms with E-state index in [-0.39, 0.29) is 17.2 Å². The zero-order valence-electron chi connectivity index (χ0n) is 9.46. The molecule has 2 atom stereocenters. The summed E-state index contributed by atoms with van der Waals surface area (Å²) >= 11 is 0. The van der Waals surface area contributed by atoms with Crippen LogP contribution in [0.5, 0.6) is 0 Å². The van der Waals surface area contributed by atoms with Crippen molar-refractivity contribution in [2.75, 3.05) is 0 Å². The SMILES string of the molecule is O=C(O)c1c(C2C=CC(F)=CC2F)nc2occn12. The summed E-state index contributed by atoms with van der Waals surface area (Å²) in [5, 5.41) is 9.20. The third kappa shape index (κ3) is 1.74. The first-order valence-electron chi connectivity index (χ1n) is 5.46. The number of hydrogen-bond donors (Lipinski definition) is 1. The molecule has 0 fully saturated rings. The molecule has 0 amide bonds. The number of halogens is 2. The van der Waals surface area contributed by atoms with Crippen molar-refractivity contribution in [1.29, 1.82) is 0 Å². The summed E-state index contributed by atoms with van der Waals surface area (Å²) in [7, 11) is 0. The fourth-order valence-corrected chi connectivity index (χ4v) is 2.10. The fraction of sp³-hybridized carbons (Fsp3) is 0.167. The maximum Gasteiger partial charge on any atom is 0.354 e. The smallest absolute Gasteiger partial charge is 0.354 e. The van der Waals surface area contributed by atoms with Crippen molar-refractivity contribution in [3.05, 3.63) is 47.9 Å². The molecular formula is C12H8F2N2O3. The number of oxazole rings is 1. The van der Waals surface area contributed by atoms with Gasteiger partial charge in [0.1, 0.15) is 18.3 Å². The minimum atomic E-state index is -1.66. The van der Waals surface area contributed by atoms with E-state index in [0.717, 1.165) is 12.2 Å². The highest BCUT2D eigenvalue weighted by molar-refractivity contribution is 5.88. The highest BCUT2D eigenvalue weighted by Gasteiger charge is 2.31. The molecule has 2 heterocycles. The number of allylic oxidation sites excluding steroid dienone is 4. The van der Waals surface area contributed by atoms with Crippen LogP contribution in [0, 0.1) is 0 Å². The van der Waals surface area contributed by atoms with Gasteiger partial charge in [-0.2, -0.15) is 4.98 Å². The molecule has 0 aliphatic heterocycles. The van der Waals surface area contributed by atoms with Gasteiger partial charge in [0, 0.05) is 6.20 Å². The summed E-state index contributed by atoms with van der Waals surface area (Å²) in [5.41, 5.74) is -0.170. The second kappa shape index (κ2) is 4.04. The molecule has 1 N–H and O–H groups in total. The van der Waals surface area contributed by atoms with Crippen LogP contribution in [-0.2, 0) is 0 Å². The third-order valence-electron chi connectivity index (χ3n) is 2.93. The van der Waals surface area contributed by atoms with Crippen molar-refractivity contribution in [2.24, 2.45) is 0 Å². The van der Waals surface area contributed by atoms with Crippen molar-refractivity contribution in [1.82, 2.24) is 9.38 Å². The normalized spacial score (nSPS) is 22.7. The molecule has 2 unspecified atom stereocenters. The second-order valence-corrected chi connectivity index (χ2v) is 4.09. The van der Waals surface area contributed by atoms with Gasteiger partial charge in [0.05, 0.1) is 11.6 Å². The standard InChI is InChI=1S/C12H8F2N2O3/c13-6-1-2-7(8(14)5-6)9-10(11(17)18)16-3-4-19-12(16)15-9/h1-5,7-8H,(H,17,18). The van der Waals surface area contributed by atoms with E-state index in [1.54, 1.807) is 0 Å². The molecule has 2 aromatic rings. The highest BCUT2D eigenvalue weighted by Crippen LogP contribution is 2.32. The number of imidazole rings is 1. The second-order valence-electron chi connectivity index (χ2n) is 4.09. The van der Waals surface area contributed by atoms with Gasteiger partial charge in [-0.05, 0) is 12.2 Å². The lowest BCUT2D eigenvalue weighted by atomic mass is 9.93. The van der Waals surface area contributed by atoms with Crippen LogP contribution in [0.15, 0.2) is 40.9 Å². The van der Waals surface area contributed by atoms with Crippen molar-refractivity contribution in [3.63, 3.8) is 0 Å². The highest BCUT2D eigenvalue weighted by atomic mass is 19.1. The molecule has 3 rings (SSSR count). The van der Waals surface area contributed by atoms with E-state index < -0.39 is 23.9 Å². The van der Waals surface area contributed by atoms with Gasteiger partial charge in [0.25, 0.3) is 0 Å². The molecule has 98 valence electrons. The largest absolute Gasteiger partial charge is 0.477 e. The lowest BCUT2D eigenvalue weighted by Gasteiger charge is -2.16. The molecule has 0 aromatic carbocycles. The van der Waals surface area contributed by atoms with Crippen LogP contribution in [0.25, 0.3) is 5.84 Å². The Morgan fingerprint density at radius 1 is 1.53 bits per heavy atom. The van der Waals surface area contributed by atoms with Gasteiger partial charge in [-0.3, -0.25) is 4.40 Å². The first kappa shape index (κ1) is 11.6. The summed E-state index contributed by atoms with van der Waals surface area (Å²) < 4.78 is 32.9. The molecule has 19 heavy (non-hydrogen) atoms. The predicted molar refractivity (Wildman–Crippen MR) is 60.4 cm³/mol. The lowest BCUT2D eigenvalue weighted by Crippen LogP contribution is -2.17. The van der Waals surface area contributed by atoms with Crippen LogP contribution in [0.3, 0.4) is 0 Å². The molecule has 0 spiro atoms. The maximum atomic E-state index is 13.8. The maximum absolute atomic E-state index is 13.8. The minimum Gasteiger partial charge on any atom is -0.477 e. The van der Waals surface area contributed by atoms with Crippen molar-refractivity contribution >= 4 is 11.8 Å². The van der Waals surface area contributed by atoms with Gasteiger partial charge in [0.15, 0.2) is 5.69 Å². The van der Waals surface area contributed by atoms with Gasteiger partial charge in [-0.1, -0.05) is 6.08 Å². The van der Waals surface area contributed by atoms with Gasteiger partial charge < -0.3 is 9.52 Å². The van der Waals surface area contributed by atoms with E-state index in [0.29, 0.717) is 0 Å². The zero-order valence-corrected chi connectivity index (χ0v) is 9.46. The molecule has 1 aliphatic rings. The Bertz CT molecular complexity index is 714. The van der Waals surface area contributed by atoms with Crippen molar-refractivity contribution < 1.29 is 23.1 Å². The first-order chi connectivity index (χ1) is 9.08. The summed E-state index contributed by atoms with van der Waals surface area (Å²) in [6.07, 6.45) is 4.13. The third-order valence-corrected chi connectivity index (χ3v) is 2.93. The zero-order chi connectivity index (χ0) is 13.6. The van der Waals surface area contributed by atoms with E-state index in [1.165, 1.54) is 22.9 Å². The van der Waals surface area contributed by atoms with Crippen LogP contribution >= 0.6 is 0 Å². The van der Waals surface area contributed by atoms with Crippen molar-refractivity contribution in [2.45, 2.75) is 12.1 Å². The summed E-state index contributed by atoms with van der Waals surface area (Å²) in [5.74, 6) is -2.83. The van der Waals surface area contributed by atoms with Gasteiger partial charge in [-0.15, -0.1) is 0 Å². The molecule has 5 nitrogen and oxygen atoms in total. The lowest BCUT2D eigenvalue weighted by molar-refractivity contribution is 0.0687. The number of aromatic carboxylic acids is 1. The van der Waals surface area contributed by atoms with Crippen LogP contribution in [0.2, 0.25) is 0 Å². The van der Waals surface area contributed by atoms with Crippen LogP contribution < -0.4 is 0 Å². The quantitative estimate of drug-likeness (QED) is 0.906. The Labute approximate surface area is 105 Å². The van der Waals surface area contributed by atoms with Gasteiger partial charge >= 0.3 is 11.8 Å². The summed E-state index contributed by atoms with van der Waals surface area (Å²) in [6.45, 7) is 0. The number of rotatable bonds is 2. The topological polar surface area (TPSA) is 67.7 Å². The average Bonchev–Trinajstić information content (AvgIpc) is 2.87. The number of nitrogens with zero attached hydrogens (tertiary/aromatic N) is 2. The molecule has 0 saturated heterocycles. The molecule has 0 bridgehead atoms. The molecule has 0 saturated carbocycles. The molecule has 7 heteroatoms. The predicted octanol–water partition coefficient (Wildman–Crippen LogP) is 2.47. The average molecular weight is 266 g/mol. The minimum absolute atomic E-state index is 0.0133. The van der Waals surface area contributed by atoms with E-state index in [9.17, 15) is 18.7 Å². The number of carbonyl (C=O) groups is 1. The molecular weight excluding hydrogens is 258 g/mol. The molecule has 2 aromatic heterocycles. The number of carboxylic acids is 1. The molecule has 0 radical (unpaired) electrons. The Kier molecular flexibility index (Phi) is 2.48. The van der Waals surface area contributed by atoms with E-state index in [4.69, 9.17) is 4.42 Å². The Balaban J connectivity index is 2.15. The van der Waals surface area contributed by atoms with E-state index in [1.807, 2.05) is 0 Å². The summed E-state index contributed by atoms with van der Waals surface area (Å²) in [6, 6.07) is 0. The number of aromatic nitrogens is 2. The van der Waals surface area contributed by atoms with E-state index >= 15 is 0 Å². The molecule has 1 aliphatic carbocycles. The van der Waals surface area contributed by atoms with Gasteiger partial charge in [0.2, 0.25) is 0 Å². The van der Waals surface area contributed by atoms with Gasteiger partial charge in [-0.25, -0.2) is 13.6 Å². The van der Waals surface area contributed by atoms with Crippen LogP contribution in [0.1, 0.15) is 22.1 Å². The van der Waals surface area contributed by atoms with E-state index in [2.05, 4.69) is 4.98 Å². The Morgan fingerprint density at radius 3 is 3.00 bits per heavy atom. The monoisotopic (exact) mass is 266 g/mol. The van der Waals surface area contributed by atoms with Crippen molar-refractivity contribution in [3.8, 4) is 0 Å². The Morgan fingerprint density at radius 2 is 2.32 bits per heavy atom. The Hall–Kier alpha value is -2.44.